The van der Waals surface area contributed by atoms with Gasteiger partial charge in [0.05, 0.1) is 6.20 Å². The molecule has 15 heavy (non-hydrogen) atoms. The number of nitrogens with one attached hydrogen (secondary N) is 1. The summed E-state index contributed by atoms with van der Waals surface area (Å²) in [5.74, 6) is 0.924. The van der Waals surface area contributed by atoms with E-state index in [0.717, 1.165) is 18.9 Å². The number of hydrogen-bond donors (Lipinski definition) is 2. The average Bonchev–Trinajstić information content (AvgIpc) is 2.65. The van der Waals surface area contributed by atoms with Crippen molar-refractivity contribution in [3.05, 3.63) is 11.9 Å². The Morgan fingerprint density at radius 1 is 1.53 bits per heavy atom. The van der Waals surface area contributed by atoms with Crippen LogP contribution in [0.25, 0.3) is 0 Å². The summed E-state index contributed by atoms with van der Waals surface area (Å²) in [5, 5.41) is 0. The molecule has 0 saturated heterocycles. The highest BCUT2D eigenvalue weighted by Crippen LogP contribution is 2.17. The first kappa shape index (κ1) is 12.0. The zero-order valence-electron chi connectivity index (χ0n) is 10.2. The predicted octanol–water partition coefficient (Wildman–Crippen LogP) is 1.39. The normalized spacial score (nSPS) is 11.8. The molecule has 86 valence electrons. The third kappa shape index (κ3) is 3.23. The van der Waals surface area contributed by atoms with Crippen molar-refractivity contribution >= 4 is 5.95 Å². The van der Waals surface area contributed by atoms with E-state index in [9.17, 15) is 0 Å². The van der Waals surface area contributed by atoms with Crippen molar-refractivity contribution in [3.63, 3.8) is 0 Å². The zero-order chi connectivity index (χ0) is 11.5. The van der Waals surface area contributed by atoms with Gasteiger partial charge >= 0.3 is 0 Å². The van der Waals surface area contributed by atoms with Crippen LogP contribution in [0.1, 0.15) is 26.5 Å². The first-order valence-electron chi connectivity index (χ1n) is 5.43. The number of nitrogens with zero attached hydrogens (tertiary/aromatic N) is 2. The topological polar surface area (TPSA) is 57.9 Å². The summed E-state index contributed by atoms with van der Waals surface area (Å²) in [6, 6.07) is 0. The lowest BCUT2D eigenvalue weighted by atomic mass is 9.93. The molecule has 0 aliphatic rings. The molecule has 3 N–H and O–H groups in total. The van der Waals surface area contributed by atoms with Gasteiger partial charge in [-0.05, 0) is 18.4 Å². The number of imidazole rings is 1. The number of hydrogen-bond acceptors (Lipinski definition) is 3. The van der Waals surface area contributed by atoms with Crippen LogP contribution in [0.5, 0.6) is 0 Å². The Balaban J connectivity index is 2.64. The number of H-pyrrole nitrogens is 1. The van der Waals surface area contributed by atoms with Gasteiger partial charge in [-0.3, -0.25) is 0 Å². The predicted molar refractivity (Wildman–Crippen MR) is 64.1 cm³/mol. The molecule has 0 aliphatic carbocycles. The van der Waals surface area contributed by atoms with E-state index in [1.54, 1.807) is 0 Å². The summed E-state index contributed by atoms with van der Waals surface area (Å²) >= 11 is 0. The van der Waals surface area contributed by atoms with E-state index in [-0.39, 0.29) is 5.41 Å². The second kappa shape index (κ2) is 4.66. The molecule has 0 saturated carbocycles. The second-order valence-corrected chi connectivity index (χ2v) is 4.81. The summed E-state index contributed by atoms with van der Waals surface area (Å²) in [4.78, 5) is 9.74. The fourth-order valence-corrected chi connectivity index (χ4v) is 1.50. The van der Waals surface area contributed by atoms with Crippen molar-refractivity contribution < 1.29 is 0 Å². The number of rotatable bonds is 5. The Morgan fingerprint density at radius 3 is 2.67 bits per heavy atom. The monoisotopic (exact) mass is 210 g/mol. The van der Waals surface area contributed by atoms with Crippen LogP contribution < -0.4 is 10.6 Å². The Labute approximate surface area is 91.9 Å². The minimum absolute atomic E-state index is 0.119. The maximum atomic E-state index is 5.71. The van der Waals surface area contributed by atoms with Crippen LogP contribution in [0, 0.1) is 5.41 Å². The molecule has 1 aromatic rings. The summed E-state index contributed by atoms with van der Waals surface area (Å²) in [6.45, 7) is 8.01. The number of aromatic nitrogens is 2. The smallest absolute Gasteiger partial charge is 0.202 e. The van der Waals surface area contributed by atoms with Crippen molar-refractivity contribution in [2.24, 2.45) is 11.1 Å². The molecule has 0 aliphatic heterocycles. The first-order chi connectivity index (χ1) is 6.98. The Morgan fingerprint density at radius 2 is 2.20 bits per heavy atom. The Kier molecular flexibility index (Phi) is 3.74. The Hall–Kier alpha value is -1.03. The van der Waals surface area contributed by atoms with E-state index < -0.39 is 0 Å². The molecular weight excluding hydrogens is 188 g/mol. The molecule has 0 fully saturated rings. The largest absolute Gasteiger partial charge is 0.345 e. The number of aromatic amines is 1. The lowest BCUT2D eigenvalue weighted by molar-refractivity contribution is 0.383. The van der Waals surface area contributed by atoms with Gasteiger partial charge in [-0.25, -0.2) is 4.98 Å². The van der Waals surface area contributed by atoms with E-state index in [4.69, 9.17) is 5.73 Å². The molecule has 0 aromatic carbocycles. The molecule has 0 radical (unpaired) electrons. The van der Waals surface area contributed by atoms with Crippen LogP contribution in [0.3, 0.4) is 0 Å². The van der Waals surface area contributed by atoms with Gasteiger partial charge in [-0.15, -0.1) is 0 Å². The summed E-state index contributed by atoms with van der Waals surface area (Å²) in [7, 11) is 2.04. The van der Waals surface area contributed by atoms with Gasteiger partial charge < -0.3 is 15.6 Å². The molecule has 0 atom stereocenters. The fraction of sp³-hybridized carbons (Fsp3) is 0.727. The van der Waals surface area contributed by atoms with Crippen LogP contribution in [-0.2, 0) is 6.42 Å². The van der Waals surface area contributed by atoms with Gasteiger partial charge in [0.2, 0.25) is 5.95 Å². The van der Waals surface area contributed by atoms with Crippen molar-refractivity contribution in [2.75, 3.05) is 25.0 Å². The SMILES string of the molecule is CCc1cnc(N(C)CC(C)(C)CN)[nH]1. The van der Waals surface area contributed by atoms with Crippen molar-refractivity contribution in [3.8, 4) is 0 Å². The van der Waals surface area contributed by atoms with E-state index in [1.807, 2.05) is 13.2 Å². The highest BCUT2D eigenvalue weighted by Gasteiger charge is 2.19. The van der Waals surface area contributed by atoms with Crippen LogP contribution in [-0.4, -0.2) is 30.1 Å². The molecule has 4 heteroatoms. The molecule has 0 amide bonds. The maximum absolute atomic E-state index is 5.71. The van der Waals surface area contributed by atoms with Crippen molar-refractivity contribution in [2.45, 2.75) is 27.2 Å². The number of nitrogens with two attached hydrogens (primary N) is 1. The first-order valence-corrected chi connectivity index (χ1v) is 5.43. The minimum Gasteiger partial charge on any atom is -0.345 e. The molecule has 0 spiro atoms. The zero-order valence-corrected chi connectivity index (χ0v) is 10.2. The summed E-state index contributed by atoms with van der Waals surface area (Å²) in [5.41, 5.74) is 6.99. The van der Waals surface area contributed by atoms with Crippen LogP contribution in [0.2, 0.25) is 0 Å². The molecule has 0 bridgehead atoms. The quantitative estimate of drug-likeness (QED) is 0.772. The lowest BCUT2D eigenvalue weighted by Crippen LogP contribution is -2.37. The van der Waals surface area contributed by atoms with Gasteiger partial charge in [-0.2, -0.15) is 0 Å². The lowest BCUT2D eigenvalue weighted by Gasteiger charge is -2.28. The van der Waals surface area contributed by atoms with E-state index in [2.05, 4.69) is 35.6 Å². The highest BCUT2D eigenvalue weighted by molar-refractivity contribution is 5.30. The van der Waals surface area contributed by atoms with E-state index in [0.29, 0.717) is 6.54 Å². The minimum atomic E-state index is 0.119. The average molecular weight is 210 g/mol. The maximum Gasteiger partial charge on any atom is 0.202 e. The molecule has 0 unspecified atom stereocenters. The molecule has 4 nitrogen and oxygen atoms in total. The van der Waals surface area contributed by atoms with E-state index >= 15 is 0 Å². The van der Waals surface area contributed by atoms with Crippen molar-refractivity contribution in [1.82, 2.24) is 9.97 Å². The molecule has 1 aromatic heterocycles. The number of anilines is 1. The van der Waals surface area contributed by atoms with Gasteiger partial charge in [0, 0.05) is 19.3 Å². The molecule has 1 rings (SSSR count). The number of aryl methyl sites for hydroxylation is 1. The third-order valence-corrected chi connectivity index (χ3v) is 2.58. The third-order valence-electron chi connectivity index (χ3n) is 2.58. The van der Waals surface area contributed by atoms with Crippen molar-refractivity contribution in [1.29, 1.82) is 0 Å². The summed E-state index contributed by atoms with van der Waals surface area (Å²) in [6.07, 6.45) is 2.88. The van der Waals surface area contributed by atoms with Crippen LogP contribution >= 0.6 is 0 Å². The van der Waals surface area contributed by atoms with Gasteiger partial charge in [-0.1, -0.05) is 20.8 Å². The van der Waals surface area contributed by atoms with Crippen LogP contribution in [0.15, 0.2) is 6.20 Å². The van der Waals surface area contributed by atoms with Gasteiger partial charge in [0.15, 0.2) is 0 Å². The standard InChI is InChI=1S/C11H22N4/c1-5-9-6-13-10(14-9)15(4)8-11(2,3)7-12/h6H,5,7-8,12H2,1-4H3,(H,13,14). The Bertz CT molecular complexity index is 303. The van der Waals surface area contributed by atoms with E-state index in [1.165, 1.54) is 5.69 Å². The highest BCUT2D eigenvalue weighted by atomic mass is 15.2. The summed E-state index contributed by atoms with van der Waals surface area (Å²) < 4.78 is 0. The molecular formula is C11H22N4. The van der Waals surface area contributed by atoms with Gasteiger partial charge in [0.1, 0.15) is 0 Å². The molecule has 1 heterocycles. The van der Waals surface area contributed by atoms with Gasteiger partial charge in [0.25, 0.3) is 0 Å². The van der Waals surface area contributed by atoms with Crippen LogP contribution in [0.4, 0.5) is 5.95 Å². The fourth-order valence-electron chi connectivity index (χ4n) is 1.50. The second-order valence-electron chi connectivity index (χ2n) is 4.81.